The van der Waals surface area contributed by atoms with Gasteiger partial charge in [0, 0.05) is 12.1 Å². The van der Waals surface area contributed by atoms with Crippen molar-refractivity contribution < 1.29 is 23.1 Å². The molecule has 8 heteroatoms. The lowest BCUT2D eigenvalue weighted by Gasteiger charge is -2.28. The zero-order valence-corrected chi connectivity index (χ0v) is 15.0. The lowest BCUT2D eigenvalue weighted by atomic mass is 9.86. The molecule has 0 atom stereocenters. The zero-order chi connectivity index (χ0) is 17.7. The predicted octanol–water partition coefficient (Wildman–Crippen LogP) is 1.24. The van der Waals surface area contributed by atoms with E-state index in [0.717, 1.165) is 25.7 Å². The number of aliphatic carboxylic acids is 1. The van der Waals surface area contributed by atoms with Crippen LogP contribution in [0.5, 0.6) is 0 Å². The van der Waals surface area contributed by atoms with Gasteiger partial charge in [-0.3, -0.25) is 9.59 Å². The number of nitrogens with one attached hydrogen (secondary N) is 2. The Hall–Kier alpha value is -1.15. The topological polar surface area (TPSA) is 113 Å². The van der Waals surface area contributed by atoms with E-state index in [9.17, 15) is 18.0 Å². The second kappa shape index (κ2) is 8.29. The van der Waals surface area contributed by atoms with Crippen LogP contribution in [0.3, 0.4) is 0 Å². The summed E-state index contributed by atoms with van der Waals surface area (Å²) in [5.74, 6) is -1.58. The Morgan fingerprint density at radius 1 is 0.958 bits per heavy atom. The first-order valence-electron chi connectivity index (χ1n) is 8.77. The van der Waals surface area contributed by atoms with E-state index in [0.29, 0.717) is 31.6 Å². The second-order valence-electron chi connectivity index (χ2n) is 7.29. The standard InChI is InChI=1S/C16H28N2O5S/c1-11-2-6-14(7-3-11)18-24(22,23)10-15(19)17-13-8-4-12(5-9-13)16(20)21/h11-14,18H,2-10H2,1H3,(H,17,19)(H,20,21). The van der Waals surface area contributed by atoms with Crippen LogP contribution in [-0.4, -0.2) is 43.2 Å². The third-order valence-corrected chi connectivity index (χ3v) is 6.46. The number of carboxylic acid groups (broad SMARTS) is 1. The third kappa shape index (κ3) is 6.05. The minimum Gasteiger partial charge on any atom is -0.481 e. The van der Waals surface area contributed by atoms with Crippen LogP contribution >= 0.6 is 0 Å². The largest absolute Gasteiger partial charge is 0.481 e. The Balaban J connectivity index is 1.74. The molecule has 24 heavy (non-hydrogen) atoms. The normalized spacial score (nSPS) is 31.4. The van der Waals surface area contributed by atoms with Crippen molar-refractivity contribution in [1.29, 1.82) is 0 Å². The molecular formula is C16H28N2O5S. The van der Waals surface area contributed by atoms with Crippen LogP contribution in [0, 0.1) is 11.8 Å². The number of hydrogen-bond acceptors (Lipinski definition) is 4. The second-order valence-corrected chi connectivity index (χ2v) is 9.04. The van der Waals surface area contributed by atoms with Crippen LogP contribution in [-0.2, 0) is 19.6 Å². The molecule has 0 saturated heterocycles. The molecule has 0 aromatic heterocycles. The van der Waals surface area contributed by atoms with Gasteiger partial charge in [-0.05, 0) is 57.3 Å². The van der Waals surface area contributed by atoms with Crippen LogP contribution < -0.4 is 10.0 Å². The van der Waals surface area contributed by atoms with Gasteiger partial charge in [-0.2, -0.15) is 0 Å². The molecule has 138 valence electrons. The SMILES string of the molecule is CC1CCC(NS(=O)(=O)CC(=O)NC2CCC(C(=O)O)CC2)CC1. The number of hydrogen-bond donors (Lipinski definition) is 3. The maximum absolute atomic E-state index is 12.1. The van der Waals surface area contributed by atoms with Gasteiger partial charge in [-0.15, -0.1) is 0 Å². The average molecular weight is 360 g/mol. The summed E-state index contributed by atoms with van der Waals surface area (Å²) in [6, 6.07) is -0.191. The molecule has 0 spiro atoms. The highest BCUT2D eigenvalue weighted by atomic mass is 32.2. The quantitative estimate of drug-likeness (QED) is 0.660. The van der Waals surface area contributed by atoms with E-state index in [4.69, 9.17) is 5.11 Å². The Kier molecular flexibility index (Phi) is 6.62. The van der Waals surface area contributed by atoms with Gasteiger partial charge < -0.3 is 10.4 Å². The highest BCUT2D eigenvalue weighted by molar-refractivity contribution is 7.90. The Morgan fingerprint density at radius 2 is 1.50 bits per heavy atom. The number of carbonyl (C=O) groups is 2. The Morgan fingerprint density at radius 3 is 2.04 bits per heavy atom. The Labute approximate surface area is 143 Å². The number of sulfonamides is 1. The summed E-state index contributed by atoms with van der Waals surface area (Å²) in [5.41, 5.74) is 0. The summed E-state index contributed by atoms with van der Waals surface area (Å²) >= 11 is 0. The van der Waals surface area contributed by atoms with Gasteiger partial charge in [0.25, 0.3) is 0 Å². The molecule has 2 aliphatic rings. The monoisotopic (exact) mass is 360 g/mol. The summed E-state index contributed by atoms with van der Waals surface area (Å²) in [4.78, 5) is 22.9. The summed E-state index contributed by atoms with van der Waals surface area (Å²) in [6.07, 6.45) is 5.85. The first kappa shape index (κ1) is 19.2. The molecule has 2 aliphatic carbocycles. The van der Waals surface area contributed by atoms with E-state index < -0.39 is 27.7 Å². The molecule has 0 bridgehead atoms. The van der Waals surface area contributed by atoms with Gasteiger partial charge in [-0.1, -0.05) is 6.92 Å². The van der Waals surface area contributed by atoms with Gasteiger partial charge in [-0.25, -0.2) is 13.1 Å². The summed E-state index contributed by atoms with van der Waals surface area (Å²) in [6.45, 7) is 2.16. The van der Waals surface area contributed by atoms with E-state index in [2.05, 4.69) is 17.0 Å². The zero-order valence-electron chi connectivity index (χ0n) is 14.2. The summed E-state index contributed by atoms with van der Waals surface area (Å²) < 4.78 is 26.9. The van der Waals surface area contributed by atoms with E-state index in [-0.39, 0.29) is 18.0 Å². The first-order chi connectivity index (χ1) is 11.2. The molecule has 0 unspecified atom stereocenters. The van der Waals surface area contributed by atoms with E-state index >= 15 is 0 Å². The van der Waals surface area contributed by atoms with Crippen molar-refractivity contribution in [1.82, 2.24) is 10.0 Å². The molecule has 0 aliphatic heterocycles. The number of carbonyl (C=O) groups excluding carboxylic acids is 1. The minimum atomic E-state index is -3.63. The van der Waals surface area contributed by atoms with Crippen LogP contribution in [0.25, 0.3) is 0 Å². The van der Waals surface area contributed by atoms with Gasteiger partial charge in [0.05, 0.1) is 5.92 Å². The van der Waals surface area contributed by atoms with E-state index in [1.54, 1.807) is 0 Å². The predicted molar refractivity (Wildman–Crippen MR) is 89.9 cm³/mol. The molecule has 0 aromatic rings. The average Bonchev–Trinajstić information content (AvgIpc) is 2.49. The van der Waals surface area contributed by atoms with Crippen LogP contribution in [0.4, 0.5) is 0 Å². The molecule has 0 aromatic carbocycles. The number of carboxylic acids is 1. The fourth-order valence-corrected chi connectivity index (χ4v) is 4.86. The minimum absolute atomic E-state index is 0.0648. The molecule has 2 saturated carbocycles. The van der Waals surface area contributed by atoms with Crippen molar-refractivity contribution in [2.24, 2.45) is 11.8 Å². The first-order valence-corrected chi connectivity index (χ1v) is 10.4. The molecule has 0 heterocycles. The molecule has 7 nitrogen and oxygen atoms in total. The highest BCUT2D eigenvalue weighted by Crippen LogP contribution is 2.25. The van der Waals surface area contributed by atoms with Crippen molar-refractivity contribution in [3.05, 3.63) is 0 Å². The van der Waals surface area contributed by atoms with Gasteiger partial charge in [0.2, 0.25) is 15.9 Å². The molecule has 3 N–H and O–H groups in total. The maximum Gasteiger partial charge on any atom is 0.306 e. The van der Waals surface area contributed by atoms with Crippen LogP contribution in [0.2, 0.25) is 0 Å². The molecule has 2 rings (SSSR count). The molecule has 0 radical (unpaired) electrons. The summed E-state index contributed by atoms with van der Waals surface area (Å²) in [7, 11) is -3.63. The highest BCUT2D eigenvalue weighted by Gasteiger charge is 2.29. The van der Waals surface area contributed by atoms with Gasteiger partial charge in [0.15, 0.2) is 0 Å². The molecule has 1 amide bonds. The third-order valence-electron chi connectivity index (χ3n) is 5.12. The smallest absolute Gasteiger partial charge is 0.306 e. The number of rotatable bonds is 6. The van der Waals surface area contributed by atoms with Crippen molar-refractivity contribution in [3.8, 4) is 0 Å². The van der Waals surface area contributed by atoms with Crippen LogP contribution in [0.1, 0.15) is 58.3 Å². The van der Waals surface area contributed by atoms with Gasteiger partial charge in [0.1, 0.15) is 5.75 Å². The van der Waals surface area contributed by atoms with Crippen LogP contribution in [0.15, 0.2) is 0 Å². The van der Waals surface area contributed by atoms with Crippen molar-refractivity contribution >= 4 is 21.9 Å². The van der Waals surface area contributed by atoms with E-state index in [1.807, 2.05) is 0 Å². The number of amides is 1. The van der Waals surface area contributed by atoms with Crippen molar-refractivity contribution in [3.63, 3.8) is 0 Å². The lowest BCUT2D eigenvalue weighted by molar-refractivity contribution is -0.142. The fraction of sp³-hybridized carbons (Fsp3) is 0.875. The Bertz CT molecular complexity index is 547. The maximum atomic E-state index is 12.1. The van der Waals surface area contributed by atoms with Gasteiger partial charge >= 0.3 is 5.97 Å². The van der Waals surface area contributed by atoms with Crippen molar-refractivity contribution in [2.75, 3.05) is 5.75 Å². The lowest BCUT2D eigenvalue weighted by Crippen LogP contribution is -2.45. The fourth-order valence-electron chi connectivity index (χ4n) is 3.60. The van der Waals surface area contributed by atoms with E-state index in [1.165, 1.54) is 0 Å². The molecular weight excluding hydrogens is 332 g/mol. The molecule has 2 fully saturated rings. The van der Waals surface area contributed by atoms with Crippen molar-refractivity contribution in [2.45, 2.75) is 70.4 Å². The summed E-state index contributed by atoms with van der Waals surface area (Å²) in [5, 5.41) is 11.7.